The Morgan fingerprint density at radius 3 is 2.89 bits per heavy atom. The highest BCUT2D eigenvalue weighted by molar-refractivity contribution is 6.31. The fourth-order valence-corrected chi connectivity index (χ4v) is 3.48. The number of halogens is 1. The number of ether oxygens (including phenoxy) is 2. The predicted octanol–water partition coefficient (Wildman–Crippen LogP) is 4.65. The van der Waals surface area contributed by atoms with Gasteiger partial charge in [-0.1, -0.05) is 41.4 Å². The van der Waals surface area contributed by atoms with E-state index < -0.39 is 0 Å². The molecule has 1 atom stereocenters. The Hall–Kier alpha value is -2.14. The number of nitrogens with zero attached hydrogens (tertiary/aromatic N) is 1. The molecule has 1 N–H and O–H groups in total. The molecular weight excluding hydrogens is 360 g/mol. The molecule has 2 heterocycles. The van der Waals surface area contributed by atoms with Crippen LogP contribution in [0, 0.1) is 6.92 Å². The highest BCUT2D eigenvalue weighted by Crippen LogP contribution is 2.25. The number of aryl methyl sites for hydroxylation is 1. The molecule has 0 spiro atoms. The second kappa shape index (κ2) is 8.26. The van der Waals surface area contributed by atoms with Crippen molar-refractivity contribution in [3.8, 4) is 5.88 Å². The molecule has 140 valence electrons. The molecule has 3 aromatic rings. The molecule has 1 aromatic heterocycles. The molecule has 1 saturated heterocycles. The van der Waals surface area contributed by atoms with Crippen molar-refractivity contribution >= 4 is 22.5 Å². The third kappa shape index (κ3) is 4.41. The SMILES string of the molecule is Cc1ccc2nc(OCc3ccccc3Cl)c(CNC3CCOC3)cc2c1. The van der Waals surface area contributed by atoms with E-state index in [4.69, 9.17) is 26.1 Å². The number of rotatable bonds is 6. The van der Waals surface area contributed by atoms with Crippen molar-refractivity contribution in [1.29, 1.82) is 0 Å². The summed E-state index contributed by atoms with van der Waals surface area (Å²) in [4.78, 5) is 4.77. The molecule has 27 heavy (non-hydrogen) atoms. The summed E-state index contributed by atoms with van der Waals surface area (Å²) in [6, 6.07) is 16.5. The maximum atomic E-state index is 6.26. The van der Waals surface area contributed by atoms with Crippen molar-refractivity contribution in [2.24, 2.45) is 0 Å². The summed E-state index contributed by atoms with van der Waals surface area (Å²) < 4.78 is 11.5. The third-order valence-corrected chi connectivity index (χ3v) is 5.21. The lowest BCUT2D eigenvalue weighted by molar-refractivity contribution is 0.189. The normalized spacial score (nSPS) is 16.7. The first kappa shape index (κ1) is 18.2. The average molecular weight is 383 g/mol. The van der Waals surface area contributed by atoms with E-state index in [1.165, 1.54) is 5.56 Å². The molecule has 0 radical (unpaired) electrons. The van der Waals surface area contributed by atoms with E-state index in [1.54, 1.807) is 0 Å². The molecular formula is C22H23ClN2O2. The first-order valence-electron chi connectivity index (χ1n) is 9.26. The minimum Gasteiger partial charge on any atom is -0.472 e. The Labute approximate surface area is 164 Å². The van der Waals surface area contributed by atoms with Gasteiger partial charge in [-0.05, 0) is 37.6 Å². The number of benzene rings is 2. The standard InChI is InChI=1S/C22H23ClN2O2/c1-15-6-7-21-17(10-15)11-18(12-24-19-8-9-26-14-19)22(25-21)27-13-16-4-2-3-5-20(16)23/h2-7,10-11,19,24H,8-9,12-14H2,1H3. The minimum absolute atomic E-state index is 0.384. The van der Waals surface area contributed by atoms with Crippen LogP contribution in [0.15, 0.2) is 48.5 Å². The van der Waals surface area contributed by atoms with E-state index in [1.807, 2.05) is 30.3 Å². The zero-order chi connectivity index (χ0) is 18.6. The Morgan fingerprint density at radius 2 is 2.07 bits per heavy atom. The number of fused-ring (bicyclic) bond motifs is 1. The van der Waals surface area contributed by atoms with Crippen LogP contribution in [-0.4, -0.2) is 24.2 Å². The highest BCUT2D eigenvalue weighted by Gasteiger charge is 2.17. The van der Waals surface area contributed by atoms with Gasteiger partial charge in [0.2, 0.25) is 5.88 Å². The van der Waals surface area contributed by atoms with E-state index in [2.05, 4.69) is 30.4 Å². The quantitative estimate of drug-likeness (QED) is 0.673. The summed E-state index contributed by atoms with van der Waals surface area (Å²) in [6.07, 6.45) is 1.04. The number of hydrogen-bond donors (Lipinski definition) is 1. The van der Waals surface area contributed by atoms with Crippen molar-refractivity contribution in [1.82, 2.24) is 10.3 Å². The van der Waals surface area contributed by atoms with Gasteiger partial charge < -0.3 is 14.8 Å². The van der Waals surface area contributed by atoms with Gasteiger partial charge in [-0.25, -0.2) is 4.98 Å². The summed E-state index contributed by atoms with van der Waals surface area (Å²) in [5, 5.41) is 5.39. The Morgan fingerprint density at radius 1 is 1.19 bits per heavy atom. The van der Waals surface area contributed by atoms with Crippen LogP contribution in [0.5, 0.6) is 5.88 Å². The fourth-order valence-electron chi connectivity index (χ4n) is 3.28. The Bertz CT molecular complexity index is 939. The molecule has 0 amide bonds. The summed E-state index contributed by atoms with van der Waals surface area (Å²) in [7, 11) is 0. The summed E-state index contributed by atoms with van der Waals surface area (Å²) in [6.45, 7) is 4.76. The Balaban J connectivity index is 1.60. The van der Waals surface area contributed by atoms with Gasteiger partial charge in [-0.2, -0.15) is 0 Å². The van der Waals surface area contributed by atoms with Crippen LogP contribution in [-0.2, 0) is 17.9 Å². The number of nitrogens with one attached hydrogen (secondary N) is 1. The van der Waals surface area contributed by atoms with Crippen LogP contribution >= 0.6 is 11.6 Å². The van der Waals surface area contributed by atoms with Gasteiger partial charge in [-0.15, -0.1) is 0 Å². The van der Waals surface area contributed by atoms with Gasteiger partial charge in [-0.3, -0.25) is 0 Å². The Kier molecular flexibility index (Phi) is 5.58. The van der Waals surface area contributed by atoms with Crippen LogP contribution in [0.1, 0.15) is 23.1 Å². The minimum atomic E-state index is 0.384. The highest BCUT2D eigenvalue weighted by atomic mass is 35.5. The number of hydrogen-bond acceptors (Lipinski definition) is 4. The van der Waals surface area contributed by atoms with Gasteiger partial charge in [0.05, 0.1) is 12.1 Å². The lowest BCUT2D eigenvalue weighted by Gasteiger charge is -2.15. The van der Waals surface area contributed by atoms with Gasteiger partial charge in [0.1, 0.15) is 6.61 Å². The van der Waals surface area contributed by atoms with Gasteiger partial charge in [0, 0.05) is 40.7 Å². The molecule has 0 bridgehead atoms. The summed E-state index contributed by atoms with van der Waals surface area (Å²) in [5.74, 6) is 0.651. The van der Waals surface area contributed by atoms with Crippen molar-refractivity contribution in [2.45, 2.75) is 32.5 Å². The van der Waals surface area contributed by atoms with Crippen LogP contribution in [0.3, 0.4) is 0 Å². The fraction of sp³-hybridized carbons (Fsp3) is 0.318. The number of pyridine rings is 1. The van der Waals surface area contributed by atoms with Gasteiger partial charge >= 0.3 is 0 Å². The molecule has 2 aromatic carbocycles. The molecule has 4 rings (SSSR count). The molecule has 1 unspecified atom stereocenters. The van der Waals surface area contributed by atoms with Crippen molar-refractivity contribution in [3.63, 3.8) is 0 Å². The molecule has 4 nitrogen and oxygen atoms in total. The lowest BCUT2D eigenvalue weighted by atomic mass is 10.1. The third-order valence-electron chi connectivity index (χ3n) is 4.84. The van der Waals surface area contributed by atoms with Gasteiger partial charge in [0.15, 0.2) is 0 Å². The molecule has 0 saturated carbocycles. The van der Waals surface area contributed by atoms with Gasteiger partial charge in [0.25, 0.3) is 0 Å². The topological polar surface area (TPSA) is 43.4 Å². The maximum absolute atomic E-state index is 6.26. The van der Waals surface area contributed by atoms with Crippen LogP contribution in [0.2, 0.25) is 5.02 Å². The predicted molar refractivity (Wildman–Crippen MR) is 108 cm³/mol. The van der Waals surface area contributed by atoms with E-state index >= 15 is 0 Å². The van der Waals surface area contributed by atoms with Crippen LogP contribution in [0.25, 0.3) is 10.9 Å². The molecule has 1 aliphatic rings. The lowest BCUT2D eigenvalue weighted by Crippen LogP contribution is -2.28. The van der Waals surface area contributed by atoms with Crippen molar-refractivity contribution in [3.05, 3.63) is 70.2 Å². The molecule has 0 aliphatic carbocycles. The van der Waals surface area contributed by atoms with E-state index in [0.717, 1.165) is 41.7 Å². The van der Waals surface area contributed by atoms with E-state index in [0.29, 0.717) is 30.1 Å². The molecule has 1 aliphatic heterocycles. The van der Waals surface area contributed by atoms with Crippen LogP contribution < -0.4 is 10.1 Å². The smallest absolute Gasteiger partial charge is 0.218 e. The monoisotopic (exact) mass is 382 g/mol. The first-order chi connectivity index (χ1) is 13.2. The number of aromatic nitrogens is 1. The second-order valence-corrected chi connectivity index (χ2v) is 7.38. The maximum Gasteiger partial charge on any atom is 0.218 e. The van der Waals surface area contributed by atoms with E-state index in [-0.39, 0.29) is 0 Å². The second-order valence-electron chi connectivity index (χ2n) is 6.97. The first-order valence-corrected chi connectivity index (χ1v) is 9.64. The van der Waals surface area contributed by atoms with Crippen molar-refractivity contribution < 1.29 is 9.47 Å². The van der Waals surface area contributed by atoms with E-state index in [9.17, 15) is 0 Å². The average Bonchev–Trinajstić information content (AvgIpc) is 3.19. The zero-order valence-electron chi connectivity index (χ0n) is 15.4. The molecule has 5 heteroatoms. The summed E-state index contributed by atoms with van der Waals surface area (Å²) >= 11 is 6.26. The largest absolute Gasteiger partial charge is 0.472 e. The zero-order valence-corrected chi connectivity index (χ0v) is 16.1. The summed E-state index contributed by atoms with van der Waals surface area (Å²) in [5.41, 5.74) is 4.15. The van der Waals surface area contributed by atoms with Crippen molar-refractivity contribution in [2.75, 3.05) is 13.2 Å². The molecule has 1 fully saturated rings. The van der Waals surface area contributed by atoms with Crippen LogP contribution in [0.4, 0.5) is 0 Å².